The molecule has 0 amide bonds. The monoisotopic (exact) mass is 686 g/mol. The van der Waals surface area contributed by atoms with Gasteiger partial charge in [-0.25, -0.2) is 0 Å². The first-order valence-electron chi connectivity index (χ1n) is 18.5. The minimum atomic E-state index is 0.868. The summed E-state index contributed by atoms with van der Waals surface area (Å²) in [6, 6.07) is 65.6. The van der Waals surface area contributed by atoms with E-state index in [2.05, 4.69) is 170 Å². The molecule has 12 rings (SSSR count). The molecule has 2 aromatic heterocycles. The lowest BCUT2D eigenvalue weighted by atomic mass is 9.85. The van der Waals surface area contributed by atoms with Crippen molar-refractivity contribution in [2.45, 2.75) is 0 Å². The van der Waals surface area contributed by atoms with Crippen molar-refractivity contribution in [2.75, 3.05) is 0 Å². The number of hydrogen-bond acceptors (Lipinski definition) is 2. The zero-order chi connectivity index (χ0) is 35.3. The number of benzene rings is 10. The molecule has 0 unspecified atom stereocenters. The lowest BCUT2D eigenvalue weighted by molar-refractivity contribution is 0.665. The molecule has 0 aliphatic rings. The maximum Gasteiger partial charge on any atom is 0.147 e. The van der Waals surface area contributed by atoms with Crippen LogP contribution >= 0.6 is 0 Å². The molecule has 54 heavy (non-hydrogen) atoms. The van der Waals surface area contributed by atoms with E-state index in [4.69, 9.17) is 8.83 Å². The smallest absolute Gasteiger partial charge is 0.147 e. The Labute approximate surface area is 310 Å². The summed E-state index contributed by atoms with van der Waals surface area (Å²) >= 11 is 0. The van der Waals surface area contributed by atoms with Crippen molar-refractivity contribution in [3.63, 3.8) is 0 Å². The molecule has 0 fully saturated rings. The van der Waals surface area contributed by atoms with Gasteiger partial charge < -0.3 is 8.83 Å². The van der Waals surface area contributed by atoms with Gasteiger partial charge in [0.1, 0.15) is 22.3 Å². The van der Waals surface area contributed by atoms with Crippen LogP contribution in [0.5, 0.6) is 0 Å². The predicted molar refractivity (Wildman–Crippen MR) is 227 cm³/mol. The SMILES string of the molecule is c1cc(-c2cccc3ccccc23)cc(-c2c3ccccc3c(-c3ccc4oc5c(c4c3)c3ccccc3c3oc4ccccc4c35)c3ccccc23)c1. The van der Waals surface area contributed by atoms with Crippen LogP contribution in [0, 0.1) is 0 Å². The Bertz CT molecular complexity index is 3440. The van der Waals surface area contributed by atoms with Gasteiger partial charge in [0.2, 0.25) is 0 Å². The van der Waals surface area contributed by atoms with Crippen LogP contribution in [0.15, 0.2) is 191 Å². The highest BCUT2D eigenvalue weighted by Crippen LogP contribution is 2.48. The zero-order valence-electron chi connectivity index (χ0n) is 29.1. The van der Waals surface area contributed by atoms with E-state index in [-0.39, 0.29) is 0 Å². The number of hydrogen-bond donors (Lipinski definition) is 0. The molecule has 10 aromatic carbocycles. The molecule has 0 atom stereocenters. The molecular weight excluding hydrogens is 657 g/mol. The lowest BCUT2D eigenvalue weighted by Crippen LogP contribution is -1.91. The van der Waals surface area contributed by atoms with Gasteiger partial charge in [-0.15, -0.1) is 0 Å². The molecule has 0 bridgehead atoms. The molecule has 0 spiro atoms. The second-order valence-electron chi connectivity index (χ2n) is 14.3. The van der Waals surface area contributed by atoms with Gasteiger partial charge in [-0.2, -0.15) is 0 Å². The third kappa shape index (κ3) is 4.11. The van der Waals surface area contributed by atoms with E-state index < -0.39 is 0 Å². The molecule has 0 aliphatic carbocycles. The standard InChI is InChI=1S/C52H30O2/c1-2-17-35-31(13-1)14-12-25-36(35)32-15-11-16-33(29-32)47-37-18-3-5-20-39(37)48(40-21-6-4-19-38(40)47)34-27-28-46-44(30-34)49-41-22-7-8-23-42(41)51-50(52(49)54-46)43-24-9-10-26-45(43)53-51/h1-30H. The molecule has 0 saturated carbocycles. The molecule has 2 heteroatoms. The number of fused-ring (bicyclic) bond motifs is 13. The highest BCUT2D eigenvalue weighted by molar-refractivity contribution is 6.34. The fourth-order valence-corrected chi connectivity index (χ4v) is 9.13. The van der Waals surface area contributed by atoms with Crippen LogP contribution in [-0.4, -0.2) is 0 Å². The molecule has 0 radical (unpaired) electrons. The van der Waals surface area contributed by atoms with Crippen molar-refractivity contribution in [1.29, 1.82) is 0 Å². The Hall–Kier alpha value is -7.16. The molecule has 12 aromatic rings. The highest BCUT2D eigenvalue weighted by Gasteiger charge is 2.22. The summed E-state index contributed by atoms with van der Waals surface area (Å²) in [5.41, 5.74) is 10.8. The summed E-state index contributed by atoms with van der Waals surface area (Å²) in [5.74, 6) is 0. The minimum Gasteiger partial charge on any atom is -0.455 e. The third-order valence-electron chi connectivity index (χ3n) is 11.4. The first-order valence-corrected chi connectivity index (χ1v) is 18.5. The Morgan fingerprint density at radius 1 is 0.278 bits per heavy atom. The molecule has 0 N–H and O–H groups in total. The highest BCUT2D eigenvalue weighted by atomic mass is 16.3. The summed E-state index contributed by atoms with van der Waals surface area (Å²) in [6.45, 7) is 0. The normalized spacial score (nSPS) is 12.1. The average molecular weight is 687 g/mol. The first-order chi connectivity index (χ1) is 26.8. The van der Waals surface area contributed by atoms with Crippen LogP contribution in [0.1, 0.15) is 0 Å². The van der Waals surface area contributed by atoms with Gasteiger partial charge in [0.05, 0.1) is 5.39 Å². The first kappa shape index (κ1) is 29.4. The Kier molecular flexibility index (Phi) is 6.09. The van der Waals surface area contributed by atoms with Crippen LogP contribution in [0.2, 0.25) is 0 Å². The maximum absolute atomic E-state index is 6.80. The van der Waals surface area contributed by atoms with Crippen molar-refractivity contribution in [3.05, 3.63) is 182 Å². The number of rotatable bonds is 3. The Morgan fingerprint density at radius 2 is 0.796 bits per heavy atom. The molecule has 0 aliphatic heterocycles. The van der Waals surface area contributed by atoms with Crippen molar-refractivity contribution in [2.24, 2.45) is 0 Å². The molecule has 0 saturated heterocycles. The van der Waals surface area contributed by atoms with Crippen molar-refractivity contribution < 1.29 is 8.83 Å². The van der Waals surface area contributed by atoms with Gasteiger partial charge in [-0.1, -0.05) is 158 Å². The minimum absolute atomic E-state index is 0.868. The van der Waals surface area contributed by atoms with Crippen LogP contribution in [0.4, 0.5) is 0 Å². The van der Waals surface area contributed by atoms with Crippen molar-refractivity contribution in [3.8, 4) is 33.4 Å². The van der Waals surface area contributed by atoms with Crippen LogP contribution in [0.3, 0.4) is 0 Å². The number of para-hydroxylation sites is 1. The van der Waals surface area contributed by atoms with Crippen LogP contribution < -0.4 is 0 Å². The molecular formula is C52H30O2. The maximum atomic E-state index is 6.80. The fourth-order valence-electron chi connectivity index (χ4n) is 9.13. The van der Waals surface area contributed by atoms with Gasteiger partial charge in [0.25, 0.3) is 0 Å². The van der Waals surface area contributed by atoms with E-state index in [1.165, 1.54) is 60.1 Å². The van der Waals surface area contributed by atoms with E-state index in [1.54, 1.807) is 0 Å². The second kappa shape index (κ2) is 11.2. The topological polar surface area (TPSA) is 26.3 Å². The average Bonchev–Trinajstić information content (AvgIpc) is 3.82. The van der Waals surface area contributed by atoms with Gasteiger partial charge >= 0.3 is 0 Å². The van der Waals surface area contributed by atoms with Gasteiger partial charge in [0.15, 0.2) is 0 Å². The fraction of sp³-hybridized carbons (Fsp3) is 0. The van der Waals surface area contributed by atoms with Crippen LogP contribution in [-0.2, 0) is 0 Å². The second-order valence-corrected chi connectivity index (χ2v) is 14.3. The quantitative estimate of drug-likeness (QED) is 0.173. The van der Waals surface area contributed by atoms with E-state index in [0.717, 1.165) is 60.2 Å². The predicted octanol–water partition coefficient (Wildman–Crippen LogP) is 15.1. The summed E-state index contributed by atoms with van der Waals surface area (Å²) in [4.78, 5) is 0. The lowest BCUT2D eigenvalue weighted by Gasteiger charge is -2.18. The Balaban J connectivity index is 1.14. The molecule has 2 heterocycles. The van der Waals surface area contributed by atoms with Crippen LogP contribution in [0.25, 0.3) is 120 Å². The Morgan fingerprint density at radius 3 is 1.54 bits per heavy atom. The third-order valence-corrected chi connectivity index (χ3v) is 11.4. The van der Waals surface area contributed by atoms with E-state index in [1.807, 2.05) is 12.1 Å². The van der Waals surface area contributed by atoms with E-state index in [0.29, 0.717) is 0 Å². The van der Waals surface area contributed by atoms with E-state index in [9.17, 15) is 0 Å². The number of furan rings is 2. The zero-order valence-corrected chi connectivity index (χ0v) is 29.1. The van der Waals surface area contributed by atoms with Crippen molar-refractivity contribution >= 4 is 87.0 Å². The van der Waals surface area contributed by atoms with E-state index >= 15 is 0 Å². The summed E-state index contributed by atoms with van der Waals surface area (Å²) < 4.78 is 13.3. The molecule has 2 nitrogen and oxygen atoms in total. The van der Waals surface area contributed by atoms with Gasteiger partial charge in [0, 0.05) is 21.5 Å². The van der Waals surface area contributed by atoms with Crippen molar-refractivity contribution in [1.82, 2.24) is 0 Å². The summed E-state index contributed by atoms with van der Waals surface area (Å²) in [6.07, 6.45) is 0. The van der Waals surface area contributed by atoms with Gasteiger partial charge in [-0.05, 0) is 95.3 Å². The summed E-state index contributed by atoms with van der Waals surface area (Å²) in [5, 5.41) is 14.0. The molecule has 250 valence electrons. The largest absolute Gasteiger partial charge is 0.455 e. The summed E-state index contributed by atoms with van der Waals surface area (Å²) in [7, 11) is 0. The van der Waals surface area contributed by atoms with Gasteiger partial charge in [-0.3, -0.25) is 0 Å².